The van der Waals surface area contributed by atoms with Crippen molar-refractivity contribution in [2.24, 2.45) is 0 Å². The topological polar surface area (TPSA) is 90.6 Å². The maximum Gasteiger partial charge on any atom is 0.339 e. The van der Waals surface area contributed by atoms with Crippen molar-refractivity contribution >= 4 is 28.6 Å². The maximum atomic E-state index is 12.8. The molecule has 41 heavy (non-hydrogen) atoms. The summed E-state index contributed by atoms with van der Waals surface area (Å²) in [6, 6.07) is 16.3. The van der Waals surface area contributed by atoms with Crippen LogP contribution in [0.1, 0.15) is 35.3 Å². The minimum atomic E-state index is -0.417. The summed E-state index contributed by atoms with van der Waals surface area (Å²) < 4.78 is 5.45. The number of pyridine rings is 1. The molecule has 0 spiro atoms. The molecule has 2 aromatic heterocycles. The molecule has 4 aromatic rings. The molecule has 0 radical (unpaired) electrons. The highest BCUT2D eigenvalue weighted by molar-refractivity contribution is 6.06. The molecule has 2 aromatic carbocycles. The van der Waals surface area contributed by atoms with Crippen LogP contribution in [0.5, 0.6) is 0 Å². The molecule has 2 N–H and O–H groups in total. The van der Waals surface area contributed by atoms with Crippen LogP contribution in [0.15, 0.2) is 67.4 Å². The van der Waals surface area contributed by atoms with Gasteiger partial charge in [-0.25, -0.2) is 9.78 Å². The minimum Gasteiger partial charge on any atom is -0.459 e. The summed E-state index contributed by atoms with van der Waals surface area (Å²) in [6.07, 6.45) is 2.56. The number of benzene rings is 2. The van der Waals surface area contributed by atoms with Crippen molar-refractivity contribution in [3.05, 3.63) is 84.1 Å². The van der Waals surface area contributed by atoms with Gasteiger partial charge < -0.3 is 19.9 Å². The van der Waals surface area contributed by atoms with E-state index in [0.717, 1.165) is 66.1 Å². The number of ether oxygens (including phenoxy) is 1. The summed E-state index contributed by atoms with van der Waals surface area (Å²) in [5.74, 6) is -0.693. The highest BCUT2D eigenvalue weighted by atomic mass is 16.5. The smallest absolute Gasteiger partial charge is 0.339 e. The lowest BCUT2D eigenvalue weighted by Gasteiger charge is -2.32. The first-order valence-corrected chi connectivity index (χ1v) is 14.0. The Bertz CT molecular complexity index is 1600. The number of aromatic amines is 1. The fourth-order valence-corrected chi connectivity index (χ4v) is 5.17. The van der Waals surface area contributed by atoms with E-state index in [-0.39, 0.29) is 12.0 Å². The van der Waals surface area contributed by atoms with Gasteiger partial charge in [-0.1, -0.05) is 36.9 Å². The van der Waals surface area contributed by atoms with Crippen LogP contribution >= 0.6 is 0 Å². The Morgan fingerprint density at radius 2 is 1.88 bits per heavy atom. The molecule has 1 saturated heterocycles. The van der Waals surface area contributed by atoms with E-state index in [0.29, 0.717) is 16.9 Å². The molecule has 0 atom stereocenters. The number of aryl methyl sites for hydroxylation is 1. The molecule has 0 aliphatic carbocycles. The van der Waals surface area contributed by atoms with Crippen LogP contribution in [-0.2, 0) is 16.1 Å². The third kappa shape index (κ3) is 6.39. The number of esters is 1. The molecule has 0 unspecified atom stereocenters. The standard InChI is InChI=1S/C33H37N5O3/c1-6-29(39)35-28-18-24(11-10-22(28)4)30-27-17-26(33(40)41-21(2)3)19-34-32(27)36-31(30)25-9-7-8-23(16-25)20-38-14-12-37(5)13-15-38/h6-11,16-19,21H,1,12-15,20H2,2-5H3,(H,34,36)(H,35,39). The number of amides is 1. The first-order valence-electron chi connectivity index (χ1n) is 14.0. The molecule has 0 bridgehead atoms. The number of carbonyl (C=O) groups is 2. The minimum absolute atomic E-state index is 0.240. The van der Waals surface area contributed by atoms with Gasteiger partial charge in [0.05, 0.1) is 17.4 Å². The van der Waals surface area contributed by atoms with Gasteiger partial charge in [-0.05, 0) is 74.3 Å². The first kappa shape index (κ1) is 28.3. The van der Waals surface area contributed by atoms with Crippen LogP contribution in [0.2, 0.25) is 0 Å². The summed E-state index contributed by atoms with van der Waals surface area (Å²) in [5, 5.41) is 3.71. The molecule has 212 valence electrons. The Labute approximate surface area is 241 Å². The van der Waals surface area contributed by atoms with Crippen molar-refractivity contribution in [1.29, 1.82) is 0 Å². The van der Waals surface area contributed by atoms with Gasteiger partial charge in [0.2, 0.25) is 5.91 Å². The zero-order valence-corrected chi connectivity index (χ0v) is 24.2. The number of fused-ring (bicyclic) bond motifs is 1. The third-order valence-electron chi connectivity index (χ3n) is 7.42. The molecule has 0 saturated carbocycles. The molecule has 1 aliphatic rings. The van der Waals surface area contributed by atoms with Crippen molar-refractivity contribution in [1.82, 2.24) is 19.8 Å². The molecule has 1 aliphatic heterocycles. The van der Waals surface area contributed by atoms with E-state index in [2.05, 4.69) is 63.0 Å². The first-order chi connectivity index (χ1) is 19.7. The van der Waals surface area contributed by atoms with E-state index in [4.69, 9.17) is 4.74 Å². The lowest BCUT2D eigenvalue weighted by molar-refractivity contribution is -0.111. The summed E-state index contributed by atoms with van der Waals surface area (Å²) in [4.78, 5) is 37.9. The van der Waals surface area contributed by atoms with E-state index in [1.807, 2.05) is 45.0 Å². The molecule has 8 heteroatoms. The normalized spacial score (nSPS) is 14.4. The lowest BCUT2D eigenvalue weighted by Crippen LogP contribution is -2.43. The highest BCUT2D eigenvalue weighted by Crippen LogP contribution is 2.40. The number of nitrogens with zero attached hydrogens (tertiary/aromatic N) is 3. The van der Waals surface area contributed by atoms with Crippen molar-refractivity contribution < 1.29 is 14.3 Å². The SMILES string of the molecule is C=CC(=O)Nc1cc(-c2c(-c3cccc(CN4CCN(C)CC4)c3)[nH]c3ncc(C(=O)OC(C)C)cc23)ccc1C. The molecule has 8 nitrogen and oxygen atoms in total. The number of nitrogens with one attached hydrogen (secondary N) is 2. The van der Waals surface area contributed by atoms with E-state index < -0.39 is 5.97 Å². The second-order valence-corrected chi connectivity index (χ2v) is 11.0. The van der Waals surface area contributed by atoms with Gasteiger partial charge in [0.25, 0.3) is 0 Å². The number of hydrogen-bond acceptors (Lipinski definition) is 6. The molecule has 5 rings (SSSR count). The van der Waals surface area contributed by atoms with Gasteiger partial charge in [0.1, 0.15) is 5.65 Å². The van der Waals surface area contributed by atoms with Crippen LogP contribution < -0.4 is 5.32 Å². The monoisotopic (exact) mass is 551 g/mol. The molecule has 1 amide bonds. The quantitative estimate of drug-likeness (QED) is 0.218. The second-order valence-electron chi connectivity index (χ2n) is 11.0. The number of hydrogen-bond donors (Lipinski definition) is 2. The number of likely N-dealkylation sites (N-methyl/N-ethyl adjacent to an activating group) is 1. The average Bonchev–Trinajstić information content (AvgIpc) is 3.34. The summed E-state index contributed by atoms with van der Waals surface area (Å²) in [6.45, 7) is 14.3. The Hall–Kier alpha value is -4.27. The molecular formula is C33H37N5O3. The predicted molar refractivity (Wildman–Crippen MR) is 164 cm³/mol. The van der Waals surface area contributed by atoms with Gasteiger partial charge >= 0.3 is 5.97 Å². The molecular weight excluding hydrogens is 514 g/mol. The fourth-order valence-electron chi connectivity index (χ4n) is 5.17. The maximum absolute atomic E-state index is 12.8. The zero-order chi connectivity index (χ0) is 29.1. The van der Waals surface area contributed by atoms with Crippen LogP contribution in [0.4, 0.5) is 5.69 Å². The Balaban J connectivity index is 1.62. The van der Waals surface area contributed by atoms with Crippen LogP contribution in [0, 0.1) is 6.92 Å². The van der Waals surface area contributed by atoms with Gasteiger partial charge in [-0.3, -0.25) is 9.69 Å². The number of aromatic nitrogens is 2. The highest BCUT2D eigenvalue weighted by Gasteiger charge is 2.21. The average molecular weight is 552 g/mol. The van der Waals surface area contributed by atoms with Crippen molar-refractivity contribution in [3.8, 4) is 22.4 Å². The number of carbonyl (C=O) groups excluding carboxylic acids is 2. The lowest BCUT2D eigenvalue weighted by atomic mass is 9.96. The molecule has 3 heterocycles. The third-order valence-corrected chi connectivity index (χ3v) is 7.42. The predicted octanol–water partition coefficient (Wildman–Crippen LogP) is 5.64. The Morgan fingerprint density at radius 3 is 2.61 bits per heavy atom. The van der Waals surface area contributed by atoms with E-state index in [1.54, 1.807) is 6.20 Å². The van der Waals surface area contributed by atoms with Gasteiger partial charge in [-0.15, -0.1) is 0 Å². The van der Waals surface area contributed by atoms with Crippen molar-refractivity contribution in [3.63, 3.8) is 0 Å². The second kappa shape index (κ2) is 12.1. The van der Waals surface area contributed by atoms with Crippen LogP contribution in [-0.4, -0.2) is 71.0 Å². The number of H-pyrrole nitrogens is 1. The van der Waals surface area contributed by atoms with Crippen molar-refractivity contribution in [2.75, 3.05) is 38.5 Å². The van der Waals surface area contributed by atoms with Crippen molar-refractivity contribution in [2.45, 2.75) is 33.4 Å². The van der Waals surface area contributed by atoms with Gasteiger partial charge in [0, 0.05) is 55.6 Å². The Morgan fingerprint density at radius 1 is 1.10 bits per heavy atom. The summed E-state index contributed by atoms with van der Waals surface area (Å²) in [7, 11) is 2.16. The largest absolute Gasteiger partial charge is 0.459 e. The zero-order valence-electron chi connectivity index (χ0n) is 24.2. The Kier molecular flexibility index (Phi) is 8.33. The fraction of sp³-hybridized carbons (Fsp3) is 0.303. The van der Waals surface area contributed by atoms with Gasteiger partial charge in [0.15, 0.2) is 0 Å². The van der Waals surface area contributed by atoms with E-state index in [1.165, 1.54) is 11.6 Å². The van der Waals surface area contributed by atoms with E-state index in [9.17, 15) is 9.59 Å². The number of piperazine rings is 1. The summed E-state index contributed by atoms with van der Waals surface area (Å²) in [5.41, 5.74) is 7.61. The van der Waals surface area contributed by atoms with Crippen LogP contribution in [0.25, 0.3) is 33.4 Å². The van der Waals surface area contributed by atoms with Gasteiger partial charge in [-0.2, -0.15) is 0 Å². The summed E-state index contributed by atoms with van der Waals surface area (Å²) >= 11 is 0. The molecule has 1 fully saturated rings. The van der Waals surface area contributed by atoms with Crippen LogP contribution in [0.3, 0.4) is 0 Å². The van der Waals surface area contributed by atoms with E-state index >= 15 is 0 Å². The number of anilines is 1. The number of rotatable bonds is 8.